The van der Waals surface area contributed by atoms with E-state index < -0.39 is 0 Å². The number of rotatable bonds is 5. The van der Waals surface area contributed by atoms with Crippen LogP contribution >= 0.6 is 0 Å². The zero-order valence-corrected chi connectivity index (χ0v) is 11.2. The molecular formula is C15H22FN. The van der Waals surface area contributed by atoms with E-state index in [0.29, 0.717) is 6.04 Å². The van der Waals surface area contributed by atoms with E-state index in [-0.39, 0.29) is 5.82 Å². The molecule has 17 heavy (non-hydrogen) atoms. The van der Waals surface area contributed by atoms with E-state index in [1.165, 1.54) is 6.07 Å². The second kappa shape index (κ2) is 6.55. The Labute approximate surface area is 104 Å². The largest absolute Gasteiger partial charge is 0.314 e. The monoisotopic (exact) mass is 235 g/mol. The highest BCUT2D eigenvalue weighted by Gasteiger charge is 2.02. The van der Waals surface area contributed by atoms with Crippen LogP contribution in [0.5, 0.6) is 0 Å². The SMILES string of the molecule is CC(=CCCNC(C)C)c1cc(F)ccc1C. The first-order chi connectivity index (χ1) is 8.00. The van der Waals surface area contributed by atoms with Crippen LogP contribution in [0.2, 0.25) is 0 Å². The second-order valence-corrected chi connectivity index (χ2v) is 4.74. The van der Waals surface area contributed by atoms with Crippen molar-refractivity contribution in [1.29, 1.82) is 0 Å². The van der Waals surface area contributed by atoms with Crippen LogP contribution in [0, 0.1) is 12.7 Å². The molecule has 0 amide bonds. The molecule has 1 N–H and O–H groups in total. The first-order valence-corrected chi connectivity index (χ1v) is 6.17. The lowest BCUT2D eigenvalue weighted by Gasteiger charge is -2.08. The maximum absolute atomic E-state index is 13.2. The standard InChI is InChI=1S/C15H22FN/c1-11(2)17-9-5-6-12(3)15-10-14(16)8-7-13(15)4/h6-8,10-11,17H,5,9H2,1-4H3. The smallest absolute Gasteiger partial charge is 0.123 e. The highest BCUT2D eigenvalue weighted by Crippen LogP contribution is 2.19. The molecule has 0 radical (unpaired) electrons. The molecule has 0 spiro atoms. The summed E-state index contributed by atoms with van der Waals surface area (Å²) >= 11 is 0. The topological polar surface area (TPSA) is 12.0 Å². The molecule has 0 unspecified atom stereocenters. The highest BCUT2D eigenvalue weighted by molar-refractivity contribution is 5.66. The van der Waals surface area contributed by atoms with Gasteiger partial charge in [0, 0.05) is 6.04 Å². The molecule has 0 atom stereocenters. The molecule has 1 aromatic rings. The third kappa shape index (κ3) is 4.70. The van der Waals surface area contributed by atoms with Crippen molar-refractivity contribution < 1.29 is 4.39 Å². The van der Waals surface area contributed by atoms with Crippen molar-refractivity contribution in [2.75, 3.05) is 6.54 Å². The van der Waals surface area contributed by atoms with Gasteiger partial charge in [-0.15, -0.1) is 0 Å². The van der Waals surface area contributed by atoms with E-state index in [1.54, 1.807) is 6.07 Å². The van der Waals surface area contributed by atoms with Crippen molar-refractivity contribution in [2.24, 2.45) is 0 Å². The van der Waals surface area contributed by atoms with Crippen LogP contribution in [-0.4, -0.2) is 12.6 Å². The van der Waals surface area contributed by atoms with Gasteiger partial charge in [-0.3, -0.25) is 0 Å². The molecule has 0 aliphatic rings. The Kier molecular flexibility index (Phi) is 5.36. The van der Waals surface area contributed by atoms with Crippen LogP contribution < -0.4 is 5.32 Å². The lowest BCUT2D eigenvalue weighted by molar-refractivity contribution is 0.595. The van der Waals surface area contributed by atoms with Crippen LogP contribution in [-0.2, 0) is 0 Å². The van der Waals surface area contributed by atoms with Crippen molar-refractivity contribution >= 4 is 5.57 Å². The summed E-state index contributed by atoms with van der Waals surface area (Å²) < 4.78 is 13.2. The van der Waals surface area contributed by atoms with Gasteiger partial charge in [-0.25, -0.2) is 4.39 Å². The number of hydrogen-bond donors (Lipinski definition) is 1. The van der Waals surface area contributed by atoms with Gasteiger partial charge in [0.2, 0.25) is 0 Å². The first-order valence-electron chi connectivity index (χ1n) is 6.17. The molecule has 2 heteroatoms. The average molecular weight is 235 g/mol. The van der Waals surface area contributed by atoms with Crippen LogP contribution in [0.3, 0.4) is 0 Å². The van der Waals surface area contributed by atoms with Crippen molar-refractivity contribution in [3.63, 3.8) is 0 Å². The van der Waals surface area contributed by atoms with Gasteiger partial charge in [0.15, 0.2) is 0 Å². The van der Waals surface area contributed by atoms with E-state index in [1.807, 2.05) is 19.9 Å². The molecule has 1 nitrogen and oxygen atoms in total. The summed E-state index contributed by atoms with van der Waals surface area (Å²) in [6.45, 7) is 9.28. The Bertz CT molecular complexity index is 394. The predicted molar refractivity (Wildman–Crippen MR) is 72.5 cm³/mol. The first kappa shape index (κ1) is 13.9. The van der Waals surface area contributed by atoms with Crippen LogP contribution in [0.4, 0.5) is 4.39 Å². The fraction of sp³-hybridized carbons (Fsp3) is 0.467. The summed E-state index contributed by atoms with van der Waals surface area (Å²) in [5, 5.41) is 3.36. The maximum atomic E-state index is 13.2. The van der Waals surface area contributed by atoms with Gasteiger partial charge >= 0.3 is 0 Å². The summed E-state index contributed by atoms with van der Waals surface area (Å²) in [4.78, 5) is 0. The Morgan fingerprint density at radius 2 is 2.12 bits per heavy atom. The normalized spacial score (nSPS) is 12.2. The number of hydrogen-bond acceptors (Lipinski definition) is 1. The zero-order chi connectivity index (χ0) is 12.8. The van der Waals surface area contributed by atoms with Crippen LogP contribution in [0.25, 0.3) is 5.57 Å². The fourth-order valence-corrected chi connectivity index (χ4v) is 1.79. The molecule has 0 aliphatic carbocycles. The predicted octanol–water partition coefficient (Wildman–Crippen LogP) is 3.93. The van der Waals surface area contributed by atoms with E-state index in [4.69, 9.17) is 0 Å². The highest BCUT2D eigenvalue weighted by atomic mass is 19.1. The number of nitrogens with one attached hydrogen (secondary N) is 1. The Morgan fingerprint density at radius 1 is 1.41 bits per heavy atom. The third-order valence-corrected chi connectivity index (χ3v) is 2.77. The van der Waals surface area contributed by atoms with Crippen molar-refractivity contribution in [3.8, 4) is 0 Å². The molecule has 0 aliphatic heterocycles. The summed E-state index contributed by atoms with van der Waals surface area (Å²) in [5.41, 5.74) is 3.28. The second-order valence-electron chi connectivity index (χ2n) is 4.74. The molecule has 0 bridgehead atoms. The number of halogens is 1. The van der Waals surface area contributed by atoms with Gasteiger partial charge in [0.05, 0.1) is 0 Å². The van der Waals surface area contributed by atoms with Crippen LogP contribution in [0.15, 0.2) is 24.3 Å². The van der Waals surface area contributed by atoms with E-state index in [2.05, 4.69) is 25.2 Å². The zero-order valence-electron chi connectivity index (χ0n) is 11.2. The average Bonchev–Trinajstić information content (AvgIpc) is 2.27. The summed E-state index contributed by atoms with van der Waals surface area (Å²) in [7, 11) is 0. The van der Waals surface area contributed by atoms with Gasteiger partial charge < -0.3 is 5.32 Å². The van der Waals surface area contributed by atoms with Gasteiger partial charge in [-0.05, 0) is 55.6 Å². The Morgan fingerprint density at radius 3 is 2.76 bits per heavy atom. The third-order valence-electron chi connectivity index (χ3n) is 2.77. The molecule has 0 saturated heterocycles. The number of aryl methyl sites for hydroxylation is 1. The molecule has 0 aromatic heterocycles. The molecule has 94 valence electrons. The molecule has 0 heterocycles. The van der Waals surface area contributed by atoms with E-state index in [0.717, 1.165) is 29.7 Å². The van der Waals surface area contributed by atoms with Crippen molar-refractivity contribution in [1.82, 2.24) is 5.32 Å². The molecule has 1 aromatic carbocycles. The maximum Gasteiger partial charge on any atom is 0.123 e. The van der Waals surface area contributed by atoms with E-state index >= 15 is 0 Å². The van der Waals surface area contributed by atoms with Crippen molar-refractivity contribution in [2.45, 2.75) is 40.2 Å². The fourth-order valence-electron chi connectivity index (χ4n) is 1.79. The van der Waals surface area contributed by atoms with Gasteiger partial charge in [-0.1, -0.05) is 26.0 Å². The summed E-state index contributed by atoms with van der Waals surface area (Å²) in [6.07, 6.45) is 3.14. The number of benzene rings is 1. The lowest BCUT2D eigenvalue weighted by Crippen LogP contribution is -2.23. The Hall–Kier alpha value is -1.15. The lowest BCUT2D eigenvalue weighted by atomic mass is 10.0. The quantitative estimate of drug-likeness (QED) is 0.763. The van der Waals surface area contributed by atoms with E-state index in [9.17, 15) is 4.39 Å². The minimum absolute atomic E-state index is 0.168. The molecule has 0 fully saturated rings. The summed E-state index contributed by atoms with van der Waals surface area (Å²) in [6, 6.07) is 5.46. The minimum atomic E-state index is -0.168. The van der Waals surface area contributed by atoms with Gasteiger partial charge in [0.25, 0.3) is 0 Å². The van der Waals surface area contributed by atoms with Gasteiger partial charge in [-0.2, -0.15) is 0 Å². The van der Waals surface area contributed by atoms with Gasteiger partial charge in [0.1, 0.15) is 5.82 Å². The summed E-state index contributed by atoms with van der Waals surface area (Å²) in [5.74, 6) is -0.168. The number of allylic oxidation sites excluding steroid dienone is 1. The van der Waals surface area contributed by atoms with Crippen molar-refractivity contribution in [3.05, 3.63) is 41.2 Å². The molecular weight excluding hydrogens is 213 g/mol. The minimum Gasteiger partial charge on any atom is -0.314 e. The molecule has 1 rings (SSSR count). The van der Waals surface area contributed by atoms with Crippen LogP contribution in [0.1, 0.15) is 38.3 Å². The Balaban J connectivity index is 2.65. The molecule has 0 saturated carbocycles.